The molecule has 6 unspecified atom stereocenters. The molecule has 2 heteroatoms. The van der Waals surface area contributed by atoms with Gasteiger partial charge in [-0.25, -0.2) is 0 Å². The van der Waals surface area contributed by atoms with E-state index in [1.165, 1.54) is 149 Å². The molecule has 0 radical (unpaired) electrons. The van der Waals surface area contributed by atoms with Crippen LogP contribution in [0.25, 0.3) is 76.8 Å². The van der Waals surface area contributed by atoms with Gasteiger partial charge in [-0.3, -0.25) is 0 Å². The van der Waals surface area contributed by atoms with Crippen LogP contribution in [0, 0.1) is 11.8 Å². The Morgan fingerprint density at radius 1 is 0.371 bits per heavy atom. The molecule has 2 aliphatic carbocycles. The van der Waals surface area contributed by atoms with Crippen LogP contribution < -0.4 is 9.80 Å². The van der Waals surface area contributed by atoms with Crippen LogP contribution in [0.4, 0.5) is 22.7 Å². The van der Waals surface area contributed by atoms with Crippen molar-refractivity contribution in [3.05, 3.63) is 205 Å². The van der Waals surface area contributed by atoms with Gasteiger partial charge in [0.25, 0.3) is 0 Å². The predicted molar refractivity (Wildman–Crippen MR) is 297 cm³/mol. The first-order valence-corrected chi connectivity index (χ1v) is 26.2. The van der Waals surface area contributed by atoms with Gasteiger partial charge in [0.2, 0.25) is 0 Å². The molecular formula is C68H60N2. The molecule has 2 nitrogen and oxygen atoms in total. The second kappa shape index (κ2) is 15.7. The molecule has 0 amide bonds. The highest BCUT2D eigenvalue weighted by Crippen LogP contribution is 2.61. The van der Waals surface area contributed by atoms with Crippen LogP contribution in [-0.2, 0) is 0 Å². The van der Waals surface area contributed by atoms with E-state index in [9.17, 15) is 0 Å². The van der Waals surface area contributed by atoms with Crippen LogP contribution in [0.5, 0.6) is 0 Å². The molecule has 4 aliphatic rings. The summed E-state index contributed by atoms with van der Waals surface area (Å²) in [5.41, 5.74) is 18.7. The van der Waals surface area contributed by atoms with E-state index in [1.54, 1.807) is 0 Å². The van der Waals surface area contributed by atoms with Gasteiger partial charge < -0.3 is 9.80 Å². The monoisotopic (exact) mass is 904 g/mol. The molecule has 10 aromatic rings. The van der Waals surface area contributed by atoms with Gasteiger partial charge in [0.15, 0.2) is 0 Å². The lowest BCUT2D eigenvalue weighted by Gasteiger charge is -2.45. The van der Waals surface area contributed by atoms with Crippen LogP contribution in [-0.4, -0.2) is 11.1 Å². The number of fused-ring (bicyclic) bond motifs is 6. The number of para-hydroxylation sites is 2. The summed E-state index contributed by atoms with van der Waals surface area (Å²) in [5, 5.41) is 7.98. The molecule has 342 valence electrons. The fourth-order valence-corrected chi connectivity index (χ4v) is 14.6. The van der Waals surface area contributed by atoms with Gasteiger partial charge in [-0.1, -0.05) is 147 Å². The van der Waals surface area contributed by atoms with Crippen molar-refractivity contribution >= 4 is 55.1 Å². The third-order valence-corrected chi connectivity index (χ3v) is 18.1. The average Bonchev–Trinajstić information content (AvgIpc) is 3.81. The van der Waals surface area contributed by atoms with Crippen molar-refractivity contribution in [1.82, 2.24) is 0 Å². The van der Waals surface area contributed by atoms with Crippen molar-refractivity contribution in [3.8, 4) is 44.5 Å². The molecule has 0 saturated heterocycles. The topological polar surface area (TPSA) is 6.48 Å². The predicted octanol–water partition coefficient (Wildman–Crippen LogP) is 18.9. The summed E-state index contributed by atoms with van der Waals surface area (Å²) in [5.74, 6) is 2.30. The Morgan fingerprint density at radius 3 is 1.09 bits per heavy atom. The number of nitrogens with zero attached hydrogens (tertiary/aromatic N) is 2. The molecule has 2 aliphatic heterocycles. The van der Waals surface area contributed by atoms with Gasteiger partial charge in [-0.05, 0) is 213 Å². The summed E-state index contributed by atoms with van der Waals surface area (Å²) < 4.78 is 0. The quantitative estimate of drug-likeness (QED) is 0.153. The summed E-state index contributed by atoms with van der Waals surface area (Å²) >= 11 is 0. The van der Waals surface area contributed by atoms with E-state index < -0.39 is 0 Å². The van der Waals surface area contributed by atoms with Gasteiger partial charge in [0.1, 0.15) is 0 Å². The highest BCUT2D eigenvalue weighted by Gasteiger charge is 2.52. The minimum atomic E-state index is 0.0299. The van der Waals surface area contributed by atoms with Crippen LogP contribution in [0.3, 0.4) is 0 Å². The molecule has 14 rings (SSSR count). The third kappa shape index (κ3) is 6.11. The number of hydrogen-bond donors (Lipinski definition) is 0. The minimum absolute atomic E-state index is 0.0299. The van der Waals surface area contributed by atoms with Crippen LogP contribution in [0.15, 0.2) is 194 Å². The minimum Gasteiger partial charge on any atom is -0.335 e. The average molecular weight is 905 g/mol. The molecule has 0 bridgehead atoms. The molecule has 10 aromatic carbocycles. The Labute approximate surface area is 413 Å². The van der Waals surface area contributed by atoms with Crippen molar-refractivity contribution in [2.75, 3.05) is 9.80 Å². The smallest absolute Gasteiger partial charge is 0.0492 e. The zero-order chi connectivity index (χ0) is 46.9. The maximum atomic E-state index is 2.70. The maximum Gasteiger partial charge on any atom is 0.0492 e. The third-order valence-electron chi connectivity index (χ3n) is 18.1. The van der Waals surface area contributed by atoms with E-state index >= 15 is 0 Å². The van der Waals surface area contributed by atoms with Gasteiger partial charge in [-0.15, -0.1) is 0 Å². The first kappa shape index (κ1) is 41.8. The Morgan fingerprint density at radius 2 is 0.714 bits per heavy atom. The summed E-state index contributed by atoms with van der Waals surface area (Å²) in [6, 6.07) is 74.4. The summed E-state index contributed by atoms with van der Waals surface area (Å²) in [4.78, 5) is 5.39. The summed E-state index contributed by atoms with van der Waals surface area (Å²) in [6.07, 6.45) is 7.32. The lowest BCUT2D eigenvalue weighted by atomic mass is 9.69. The highest BCUT2D eigenvalue weighted by atomic mass is 15.2. The summed E-state index contributed by atoms with van der Waals surface area (Å²) in [7, 11) is 0. The molecule has 2 fully saturated rings. The Hall–Kier alpha value is -7.16. The SMILES string of the molecule is CC1CCC2(C)C(C1)c1cc(-c3cc(-c4ccccc4)c4ccc5c(-c6ccc7c(c6)C6CC(C)CCC6(C)N7c6ccccc6)cc(-c6ccccc6)c6ccc3c4c65)ccc1N2c1ccccc1. The zero-order valence-electron chi connectivity index (χ0n) is 40.9. The molecule has 0 aromatic heterocycles. The fourth-order valence-electron chi connectivity index (χ4n) is 14.6. The lowest BCUT2D eigenvalue weighted by Crippen LogP contribution is -2.46. The second-order valence-electron chi connectivity index (χ2n) is 22.2. The van der Waals surface area contributed by atoms with E-state index in [0.29, 0.717) is 23.7 Å². The number of hydrogen-bond acceptors (Lipinski definition) is 2. The van der Waals surface area contributed by atoms with Crippen molar-refractivity contribution in [2.45, 2.75) is 89.1 Å². The van der Waals surface area contributed by atoms with Gasteiger partial charge in [-0.2, -0.15) is 0 Å². The fraction of sp³-hybridized carbons (Fsp3) is 0.235. The van der Waals surface area contributed by atoms with E-state index in [4.69, 9.17) is 0 Å². The normalized spacial score (nSPS) is 23.7. The van der Waals surface area contributed by atoms with Crippen molar-refractivity contribution < 1.29 is 0 Å². The molecule has 6 atom stereocenters. The Bertz CT molecular complexity index is 3390. The van der Waals surface area contributed by atoms with Crippen LogP contribution >= 0.6 is 0 Å². The first-order valence-electron chi connectivity index (χ1n) is 26.2. The lowest BCUT2D eigenvalue weighted by molar-refractivity contribution is 0.237. The first-order chi connectivity index (χ1) is 34.3. The number of anilines is 4. The molecular weight excluding hydrogens is 845 g/mol. The van der Waals surface area contributed by atoms with Crippen molar-refractivity contribution in [3.63, 3.8) is 0 Å². The molecule has 2 saturated carbocycles. The van der Waals surface area contributed by atoms with Crippen molar-refractivity contribution in [2.24, 2.45) is 11.8 Å². The van der Waals surface area contributed by atoms with E-state index in [0.717, 1.165) is 0 Å². The van der Waals surface area contributed by atoms with Gasteiger partial charge in [0, 0.05) is 45.7 Å². The summed E-state index contributed by atoms with van der Waals surface area (Å²) in [6.45, 7) is 10.0. The second-order valence-corrected chi connectivity index (χ2v) is 22.2. The van der Waals surface area contributed by atoms with Gasteiger partial charge >= 0.3 is 0 Å². The number of rotatable bonds is 6. The van der Waals surface area contributed by atoms with E-state index in [1.807, 2.05) is 0 Å². The zero-order valence-corrected chi connectivity index (χ0v) is 40.9. The maximum absolute atomic E-state index is 2.70. The Kier molecular flexibility index (Phi) is 9.36. The molecule has 0 N–H and O–H groups in total. The van der Waals surface area contributed by atoms with E-state index in [-0.39, 0.29) is 11.1 Å². The van der Waals surface area contributed by atoms with E-state index in [2.05, 4.69) is 232 Å². The van der Waals surface area contributed by atoms with Crippen molar-refractivity contribution in [1.29, 1.82) is 0 Å². The van der Waals surface area contributed by atoms with Crippen LogP contribution in [0.1, 0.15) is 89.2 Å². The molecule has 0 spiro atoms. The Balaban J connectivity index is 1.03. The largest absolute Gasteiger partial charge is 0.335 e. The standard InChI is InChI=1S/C68H60N2/c1-43-33-35-67(3)61(37-43)59-39-47(25-31-63(59)69(67)49-21-13-7-14-22-49)57-41-55(45-17-9-5-10-18-45)51-28-30-54-58(42-56(46-19-11-6-12-20-46)52-27-29-53(57)65(51)66(52)54)48-26-32-64-60(40-48)62-38-44(2)34-36-68(62,4)70(64)50-23-15-8-16-24-50/h5-32,39-44,61-62H,33-38H2,1-4H3. The van der Waals surface area contributed by atoms with Gasteiger partial charge in [0.05, 0.1) is 0 Å². The number of benzene rings is 10. The van der Waals surface area contributed by atoms with Crippen LogP contribution in [0.2, 0.25) is 0 Å². The molecule has 70 heavy (non-hydrogen) atoms. The molecule has 2 heterocycles. The highest BCUT2D eigenvalue weighted by molar-refractivity contribution is 6.32.